The van der Waals surface area contributed by atoms with Crippen molar-refractivity contribution in [3.05, 3.63) is 35.6 Å². The molecule has 1 N–H and O–H groups in total. The molecule has 0 radical (unpaired) electrons. The van der Waals surface area contributed by atoms with Crippen molar-refractivity contribution in [3.63, 3.8) is 0 Å². The van der Waals surface area contributed by atoms with Crippen LogP contribution in [0, 0.1) is 5.82 Å². The molecule has 0 aliphatic heterocycles. The summed E-state index contributed by atoms with van der Waals surface area (Å²) < 4.78 is 30.3. The van der Waals surface area contributed by atoms with Crippen molar-refractivity contribution in [1.82, 2.24) is 0 Å². The van der Waals surface area contributed by atoms with E-state index in [9.17, 15) is 18.7 Å². The summed E-state index contributed by atoms with van der Waals surface area (Å²) in [6.45, 7) is 1.57. The fraction of sp³-hybridized carbons (Fsp3) is 0.364. The molecule has 0 aromatic heterocycles. The fourth-order valence-electron chi connectivity index (χ4n) is 1.18. The average Bonchev–Trinajstić information content (AvgIpc) is 2.28. The van der Waals surface area contributed by atoms with Crippen LogP contribution in [-0.4, -0.2) is 23.9 Å². The number of alkyl halides is 1. The van der Waals surface area contributed by atoms with Gasteiger partial charge in [-0.3, -0.25) is 0 Å². The normalized spacial score (nSPS) is 14.2. The molecule has 5 heteroatoms. The van der Waals surface area contributed by atoms with Gasteiger partial charge in [0.05, 0.1) is 6.61 Å². The number of rotatable bonds is 4. The van der Waals surface area contributed by atoms with E-state index < -0.39 is 24.1 Å². The highest BCUT2D eigenvalue weighted by Crippen LogP contribution is 2.20. The van der Waals surface area contributed by atoms with E-state index in [0.29, 0.717) is 0 Å². The van der Waals surface area contributed by atoms with Gasteiger partial charge >= 0.3 is 5.97 Å². The van der Waals surface area contributed by atoms with Crippen LogP contribution in [0.1, 0.15) is 18.6 Å². The van der Waals surface area contributed by atoms with Crippen LogP contribution in [0.2, 0.25) is 0 Å². The van der Waals surface area contributed by atoms with Crippen LogP contribution >= 0.6 is 0 Å². The summed E-state index contributed by atoms with van der Waals surface area (Å²) in [5, 5.41) is 9.48. The van der Waals surface area contributed by atoms with Gasteiger partial charge < -0.3 is 9.84 Å². The van der Waals surface area contributed by atoms with Crippen LogP contribution in [0.4, 0.5) is 8.78 Å². The number of halogens is 2. The van der Waals surface area contributed by atoms with Crippen molar-refractivity contribution < 1.29 is 23.4 Å². The molecule has 2 atom stereocenters. The lowest BCUT2D eigenvalue weighted by molar-refractivity contribution is -0.153. The molecule has 1 aromatic carbocycles. The zero-order valence-electron chi connectivity index (χ0n) is 8.69. The van der Waals surface area contributed by atoms with Crippen LogP contribution in [0.5, 0.6) is 0 Å². The minimum absolute atomic E-state index is 0.0371. The summed E-state index contributed by atoms with van der Waals surface area (Å²) in [7, 11) is 0. The van der Waals surface area contributed by atoms with Gasteiger partial charge in [-0.25, -0.2) is 13.6 Å². The molecule has 0 fully saturated rings. The van der Waals surface area contributed by atoms with E-state index in [1.54, 1.807) is 0 Å². The Kier molecular flexibility index (Phi) is 4.37. The highest BCUT2D eigenvalue weighted by Gasteiger charge is 2.28. The number of aliphatic hydroxyl groups is 1. The molecule has 1 aromatic rings. The highest BCUT2D eigenvalue weighted by molar-refractivity contribution is 5.75. The maximum Gasteiger partial charge on any atom is 0.343 e. The lowest BCUT2D eigenvalue weighted by Crippen LogP contribution is -2.26. The van der Waals surface area contributed by atoms with Gasteiger partial charge in [0.2, 0.25) is 6.17 Å². The second kappa shape index (κ2) is 5.55. The first-order valence-electron chi connectivity index (χ1n) is 4.80. The molecule has 0 bridgehead atoms. The van der Waals surface area contributed by atoms with Crippen LogP contribution in [0.15, 0.2) is 24.3 Å². The van der Waals surface area contributed by atoms with Crippen LogP contribution in [0.3, 0.4) is 0 Å². The van der Waals surface area contributed by atoms with Crippen molar-refractivity contribution in [1.29, 1.82) is 0 Å². The maximum absolute atomic E-state index is 13.3. The largest absolute Gasteiger partial charge is 0.464 e. The van der Waals surface area contributed by atoms with Gasteiger partial charge in [-0.15, -0.1) is 0 Å². The maximum atomic E-state index is 13.3. The topological polar surface area (TPSA) is 46.5 Å². The Bertz CT molecular complexity index is 351. The Morgan fingerprint density at radius 1 is 1.44 bits per heavy atom. The second-order valence-corrected chi connectivity index (χ2v) is 3.15. The van der Waals surface area contributed by atoms with Gasteiger partial charge in [0.25, 0.3) is 0 Å². The summed E-state index contributed by atoms with van der Waals surface area (Å²) in [5.74, 6) is -1.62. The van der Waals surface area contributed by atoms with E-state index in [1.807, 2.05) is 0 Å². The first-order valence-corrected chi connectivity index (χ1v) is 4.80. The first-order chi connectivity index (χ1) is 7.56. The van der Waals surface area contributed by atoms with Crippen molar-refractivity contribution in [2.45, 2.75) is 19.2 Å². The Labute approximate surface area is 91.7 Å². The minimum Gasteiger partial charge on any atom is -0.464 e. The van der Waals surface area contributed by atoms with Gasteiger partial charge in [-0.2, -0.15) is 0 Å². The van der Waals surface area contributed by atoms with E-state index >= 15 is 0 Å². The lowest BCUT2D eigenvalue weighted by Gasteiger charge is -2.14. The molecular weight excluding hydrogens is 218 g/mol. The molecule has 16 heavy (non-hydrogen) atoms. The number of carbonyl (C=O) groups is 1. The Morgan fingerprint density at radius 3 is 2.50 bits per heavy atom. The smallest absolute Gasteiger partial charge is 0.343 e. The molecule has 0 amide bonds. The molecule has 0 saturated carbocycles. The zero-order chi connectivity index (χ0) is 12.1. The molecular formula is C11H12F2O3. The van der Waals surface area contributed by atoms with Crippen LogP contribution in [-0.2, 0) is 9.53 Å². The highest BCUT2D eigenvalue weighted by atomic mass is 19.1. The zero-order valence-corrected chi connectivity index (χ0v) is 8.69. The molecule has 0 spiro atoms. The molecule has 0 heterocycles. The van der Waals surface area contributed by atoms with E-state index in [2.05, 4.69) is 4.74 Å². The number of esters is 1. The lowest BCUT2D eigenvalue weighted by atomic mass is 10.1. The Morgan fingerprint density at radius 2 is 2.00 bits per heavy atom. The van der Waals surface area contributed by atoms with Crippen molar-refractivity contribution >= 4 is 5.97 Å². The fourth-order valence-corrected chi connectivity index (χ4v) is 1.18. The Balaban J connectivity index is 2.73. The van der Waals surface area contributed by atoms with E-state index in [1.165, 1.54) is 19.1 Å². The molecule has 0 aliphatic carbocycles. The van der Waals surface area contributed by atoms with Gasteiger partial charge in [0.15, 0.2) is 0 Å². The summed E-state index contributed by atoms with van der Waals surface area (Å²) in [6, 6.07) is 4.59. The number of hydrogen-bond acceptors (Lipinski definition) is 3. The summed E-state index contributed by atoms with van der Waals surface area (Å²) in [5.41, 5.74) is 0.127. The molecule has 0 unspecified atom stereocenters. The predicted molar refractivity (Wildman–Crippen MR) is 52.9 cm³/mol. The third-order valence-electron chi connectivity index (χ3n) is 2.00. The van der Waals surface area contributed by atoms with Crippen molar-refractivity contribution in [2.24, 2.45) is 0 Å². The van der Waals surface area contributed by atoms with E-state index in [0.717, 1.165) is 12.1 Å². The SMILES string of the molecule is CCOC(=O)[C@H](F)[C@H](O)c1ccc(F)cc1. The predicted octanol–water partition coefficient (Wildman–Crippen LogP) is 1.76. The first kappa shape index (κ1) is 12.6. The standard InChI is InChI=1S/C11H12F2O3/c1-2-16-11(15)9(13)10(14)7-3-5-8(12)6-4-7/h3-6,9-10,14H,2H2,1H3/t9-,10-/m1/s1. The van der Waals surface area contributed by atoms with Crippen molar-refractivity contribution in [2.75, 3.05) is 6.61 Å². The molecule has 0 aliphatic rings. The van der Waals surface area contributed by atoms with Gasteiger partial charge in [-0.05, 0) is 24.6 Å². The number of aliphatic hydroxyl groups excluding tert-OH is 1. The van der Waals surface area contributed by atoms with E-state index in [-0.39, 0.29) is 12.2 Å². The van der Waals surface area contributed by atoms with E-state index in [4.69, 9.17) is 0 Å². The molecule has 3 nitrogen and oxygen atoms in total. The van der Waals surface area contributed by atoms with Gasteiger partial charge in [0, 0.05) is 0 Å². The average molecular weight is 230 g/mol. The monoisotopic (exact) mass is 230 g/mol. The molecule has 1 rings (SSSR count). The third kappa shape index (κ3) is 3.00. The minimum atomic E-state index is -2.16. The number of hydrogen-bond donors (Lipinski definition) is 1. The summed E-state index contributed by atoms with van der Waals surface area (Å²) in [4.78, 5) is 11.0. The van der Waals surface area contributed by atoms with Gasteiger partial charge in [-0.1, -0.05) is 12.1 Å². The summed E-state index contributed by atoms with van der Waals surface area (Å²) >= 11 is 0. The third-order valence-corrected chi connectivity index (χ3v) is 2.00. The number of carbonyl (C=O) groups excluding carboxylic acids is 1. The van der Waals surface area contributed by atoms with Gasteiger partial charge in [0.1, 0.15) is 11.9 Å². The second-order valence-electron chi connectivity index (χ2n) is 3.15. The van der Waals surface area contributed by atoms with Crippen molar-refractivity contribution in [3.8, 4) is 0 Å². The quantitative estimate of drug-likeness (QED) is 0.802. The number of ether oxygens (including phenoxy) is 1. The molecule has 88 valence electrons. The number of benzene rings is 1. The van der Waals surface area contributed by atoms with Crippen LogP contribution in [0.25, 0.3) is 0 Å². The Hall–Kier alpha value is -1.49. The summed E-state index contributed by atoms with van der Waals surface area (Å²) in [6.07, 6.45) is -3.80. The van der Waals surface area contributed by atoms with Crippen LogP contribution < -0.4 is 0 Å². The molecule has 0 saturated heterocycles.